The average molecular weight is 347 g/mol. The highest BCUT2D eigenvalue weighted by atomic mass is 16.5. The van der Waals surface area contributed by atoms with Crippen LogP contribution >= 0.6 is 0 Å². The number of morpholine rings is 1. The second-order valence-corrected chi connectivity index (χ2v) is 6.68. The van der Waals surface area contributed by atoms with Gasteiger partial charge in [0.05, 0.1) is 32.0 Å². The minimum atomic E-state index is -0.0157. The molecule has 0 N–H and O–H groups in total. The molecule has 2 heterocycles. The normalized spacial score (nSPS) is 28.4. The van der Waals surface area contributed by atoms with E-state index in [9.17, 15) is 4.79 Å². The van der Waals surface area contributed by atoms with Crippen molar-refractivity contribution in [3.63, 3.8) is 0 Å². The summed E-state index contributed by atoms with van der Waals surface area (Å²) in [4.78, 5) is 15.1. The summed E-state index contributed by atoms with van der Waals surface area (Å²) >= 11 is 0. The Morgan fingerprint density at radius 2 is 2.04 bits per heavy atom. The van der Waals surface area contributed by atoms with Crippen LogP contribution in [0.2, 0.25) is 0 Å². The van der Waals surface area contributed by atoms with Crippen molar-refractivity contribution < 1.29 is 23.7 Å². The van der Waals surface area contributed by atoms with Crippen LogP contribution in [0.15, 0.2) is 18.2 Å². The fraction of sp³-hybridized carbons (Fsp3) is 0.632. The molecule has 1 saturated carbocycles. The lowest BCUT2D eigenvalue weighted by atomic mass is 10.1. The first-order valence-electron chi connectivity index (χ1n) is 9.21. The lowest BCUT2D eigenvalue weighted by molar-refractivity contribution is -0.102. The number of amides is 1. The van der Waals surface area contributed by atoms with Crippen LogP contribution in [0.3, 0.4) is 0 Å². The van der Waals surface area contributed by atoms with Crippen molar-refractivity contribution in [2.24, 2.45) is 0 Å². The van der Waals surface area contributed by atoms with Crippen molar-refractivity contribution in [3.8, 4) is 11.5 Å². The Morgan fingerprint density at radius 1 is 1.20 bits per heavy atom. The maximum absolute atomic E-state index is 13.1. The number of carbonyl (C=O) groups is 1. The summed E-state index contributed by atoms with van der Waals surface area (Å²) in [5, 5.41) is 0. The first-order valence-corrected chi connectivity index (χ1v) is 9.21. The molecule has 2 aliphatic heterocycles. The maximum Gasteiger partial charge on any atom is 0.254 e. The Kier molecular flexibility index (Phi) is 4.81. The number of hydrogen-bond donors (Lipinski definition) is 0. The summed E-state index contributed by atoms with van der Waals surface area (Å²) < 4.78 is 23.1. The highest BCUT2D eigenvalue weighted by Crippen LogP contribution is 2.35. The first kappa shape index (κ1) is 16.7. The molecule has 1 amide bonds. The van der Waals surface area contributed by atoms with Gasteiger partial charge in [0.1, 0.15) is 6.10 Å². The van der Waals surface area contributed by atoms with Gasteiger partial charge in [-0.15, -0.1) is 0 Å². The fourth-order valence-electron chi connectivity index (χ4n) is 4.02. The Bertz CT molecular complexity index is 634. The van der Waals surface area contributed by atoms with Crippen molar-refractivity contribution >= 4 is 5.91 Å². The molecular formula is C19H25NO5. The van der Waals surface area contributed by atoms with E-state index in [0.29, 0.717) is 50.0 Å². The maximum atomic E-state index is 13.1. The topological polar surface area (TPSA) is 57.2 Å². The van der Waals surface area contributed by atoms with Gasteiger partial charge < -0.3 is 23.8 Å². The first-order chi connectivity index (χ1) is 12.3. The van der Waals surface area contributed by atoms with Crippen molar-refractivity contribution in [1.29, 1.82) is 0 Å². The minimum Gasteiger partial charge on any atom is -0.490 e. The molecule has 2 fully saturated rings. The van der Waals surface area contributed by atoms with E-state index in [4.69, 9.17) is 18.9 Å². The molecular weight excluding hydrogens is 322 g/mol. The SMILES string of the molecule is CCO[C@@H]1CC[C@@H]2[C@H]1OCCN2C(=O)c1ccc2c(c1)OCCCO2. The fourth-order valence-corrected chi connectivity index (χ4v) is 4.02. The van der Waals surface area contributed by atoms with E-state index < -0.39 is 0 Å². The van der Waals surface area contributed by atoms with E-state index >= 15 is 0 Å². The molecule has 1 aromatic carbocycles. The number of ether oxygens (including phenoxy) is 4. The second-order valence-electron chi connectivity index (χ2n) is 6.68. The van der Waals surface area contributed by atoms with Crippen LogP contribution in [0.4, 0.5) is 0 Å². The summed E-state index contributed by atoms with van der Waals surface area (Å²) in [7, 11) is 0. The van der Waals surface area contributed by atoms with Gasteiger partial charge >= 0.3 is 0 Å². The number of hydrogen-bond acceptors (Lipinski definition) is 5. The van der Waals surface area contributed by atoms with Gasteiger partial charge in [0, 0.05) is 25.1 Å². The predicted molar refractivity (Wildman–Crippen MR) is 91.3 cm³/mol. The summed E-state index contributed by atoms with van der Waals surface area (Å²) in [5.41, 5.74) is 0.643. The van der Waals surface area contributed by atoms with Gasteiger partial charge in [0.15, 0.2) is 11.5 Å². The molecule has 6 nitrogen and oxygen atoms in total. The molecule has 4 rings (SSSR count). The second kappa shape index (κ2) is 7.22. The molecule has 136 valence electrons. The van der Waals surface area contributed by atoms with Crippen LogP contribution in [0.5, 0.6) is 11.5 Å². The van der Waals surface area contributed by atoms with Crippen molar-refractivity contribution in [2.75, 3.05) is 33.0 Å². The standard InChI is InChI=1S/C19H25NO5/c1-2-22-16-7-5-14-18(16)25-11-8-20(14)19(21)13-4-6-15-17(12-13)24-10-3-9-23-15/h4,6,12,14,16,18H,2-3,5,7-11H2,1H3/t14-,16-,18-/m1/s1. The van der Waals surface area contributed by atoms with Gasteiger partial charge in [-0.3, -0.25) is 4.79 Å². The summed E-state index contributed by atoms with van der Waals surface area (Å²) in [6, 6.07) is 5.56. The Hall–Kier alpha value is -1.79. The van der Waals surface area contributed by atoms with E-state index in [1.165, 1.54) is 0 Å². The van der Waals surface area contributed by atoms with Crippen LogP contribution in [-0.4, -0.2) is 62.0 Å². The number of carbonyl (C=O) groups excluding carboxylic acids is 1. The van der Waals surface area contributed by atoms with Gasteiger partial charge in [-0.2, -0.15) is 0 Å². The highest BCUT2D eigenvalue weighted by molar-refractivity contribution is 5.95. The minimum absolute atomic E-state index is 0.0157. The zero-order chi connectivity index (χ0) is 17.2. The Balaban J connectivity index is 1.53. The Morgan fingerprint density at radius 3 is 2.88 bits per heavy atom. The largest absolute Gasteiger partial charge is 0.490 e. The third kappa shape index (κ3) is 3.20. The van der Waals surface area contributed by atoms with Crippen LogP contribution in [0.1, 0.15) is 36.5 Å². The van der Waals surface area contributed by atoms with Crippen LogP contribution in [0.25, 0.3) is 0 Å². The lowest BCUT2D eigenvalue weighted by Gasteiger charge is -2.39. The number of rotatable bonds is 3. The van der Waals surface area contributed by atoms with E-state index in [1.54, 1.807) is 0 Å². The summed E-state index contributed by atoms with van der Waals surface area (Å²) in [6.07, 6.45) is 2.79. The van der Waals surface area contributed by atoms with Crippen LogP contribution < -0.4 is 9.47 Å². The summed E-state index contributed by atoms with van der Waals surface area (Å²) in [5.74, 6) is 1.41. The Labute approximate surface area is 148 Å². The van der Waals surface area contributed by atoms with Crippen molar-refractivity contribution in [1.82, 2.24) is 4.90 Å². The van der Waals surface area contributed by atoms with Crippen LogP contribution in [-0.2, 0) is 9.47 Å². The van der Waals surface area contributed by atoms with Gasteiger partial charge in [0.2, 0.25) is 0 Å². The van der Waals surface area contributed by atoms with E-state index in [1.807, 2.05) is 30.0 Å². The van der Waals surface area contributed by atoms with E-state index in [-0.39, 0.29) is 24.2 Å². The van der Waals surface area contributed by atoms with Gasteiger partial charge in [-0.1, -0.05) is 0 Å². The number of benzene rings is 1. The molecule has 1 saturated heterocycles. The third-order valence-corrected chi connectivity index (χ3v) is 5.17. The molecule has 0 bridgehead atoms. The highest BCUT2D eigenvalue weighted by Gasteiger charge is 2.45. The van der Waals surface area contributed by atoms with Gasteiger partial charge in [0.25, 0.3) is 5.91 Å². The average Bonchev–Trinajstić information content (AvgIpc) is 2.90. The van der Waals surface area contributed by atoms with Crippen molar-refractivity contribution in [3.05, 3.63) is 23.8 Å². The molecule has 0 aromatic heterocycles. The monoisotopic (exact) mass is 347 g/mol. The molecule has 6 heteroatoms. The summed E-state index contributed by atoms with van der Waals surface area (Å²) in [6.45, 7) is 5.10. The molecule has 3 atom stereocenters. The van der Waals surface area contributed by atoms with Crippen LogP contribution in [0, 0.1) is 0 Å². The van der Waals surface area contributed by atoms with Crippen molar-refractivity contribution in [2.45, 2.75) is 44.4 Å². The predicted octanol–water partition coefficient (Wildman–Crippen LogP) is 2.26. The lowest BCUT2D eigenvalue weighted by Crippen LogP contribution is -2.53. The van der Waals surface area contributed by atoms with Gasteiger partial charge in [-0.25, -0.2) is 0 Å². The molecule has 1 aliphatic carbocycles. The zero-order valence-corrected chi connectivity index (χ0v) is 14.6. The molecule has 0 unspecified atom stereocenters. The molecule has 0 spiro atoms. The molecule has 0 radical (unpaired) electrons. The van der Waals surface area contributed by atoms with E-state index in [0.717, 1.165) is 19.3 Å². The quantitative estimate of drug-likeness (QED) is 0.839. The number of fused-ring (bicyclic) bond motifs is 2. The smallest absolute Gasteiger partial charge is 0.254 e. The zero-order valence-electron chi connectivity index (χ0n) is 14.6. The molecule has 25 heavy (non-hydrogen) atoms. The number of nitrogens with zero attached hydrogens (tertiary/aromatic N) is 1. The molecule has 1 aromatic rings. The van der Waals surface area contributed by atoms with Gasteiger partial charge in [-0.05, 0) is 38.0 Å². The third-order valence-electron chi connectivity index (χ3n) is 5.17. The molecule has 3 aliphatic rings. The van der Waals surface area contributed by atoms with E-state index in [2.05, 4.69) is 0 Å².